The van der Waals surface area contributed by atoms with Crippen molar-refractivity contribution >= 4 is 17.8 Å². The van der Waals surface area contributed by atoms with Crippen molar-refractivity contribution in [2.75, 3.05) is 13.2 Å². The average molecular weight is 507 g/mol. The Hall–Kier alpha value is -3.59. The summed E-state index contributed by atoms with van der Waals surface area (Å²) in [5, 5.41) is 25.9. The maximum Gasteiger partial charge on any atom is 0.251 e. The fraction of sp³-hybridized carbons (Fsp3) is 0.464. The number of guanidine groups is 1. The summed E-state index contributed by atoms with van der Waals surface area (Å²) in [4.78, 5) is 28.2. The number of hydrogen-bond acceptors (Lipinski definition) is 6. The molecule has 5 rings (SSSR count). The van der Waals surface area contributed by atoms with Crippen LogP contribution in [0.2, 0.25) is 0 Å². The first-order chi connectivity index (χ1) is 17.7. The smallest absolute Gasteiger partial charge is 0.251 e. The number of nitrogens with zero attached hydrogens (tertiary/aromatic N) is 1. The summed E-state index contributed by atoms with van der Waals surface area (Å²) in [6.45, 7) is 6.15. The van der Waals surface area contributed by atoms with Gasteiger partial charge in [0, 0.05) is 28.7 Å². The third-order valence-electron chi connectivity index (χ3n) is 7.98. The van der Waals surface area contributed by atoms with Crippen LogP contribution >= 0.6 is 0 Å². The molecule has 0 radical (unpaired) electrons. The lowest BCUT2D eigenvalue weighted by Crippen LogP contribution is -2.62. The van der Waals surface area contributed by atoms with Crippen molar-refractivity contribution in [2.45, 2.75) is 69.7 Å². The standard InChI is InChI=1S/C28H34N4O5/c1-4-28(5-2)15-23(33)32(26(29)31-28)20-12-13-36-22-11-10-17(14-19(20)22)25(34)30-24-18-8-6-7-9-21(18)37-16-27(24,3)35/h6-11,14,20,24,35H,4-5,12-13,15-16H2,1-3H3,(H2,29,31)(H,30,34)/t20-,24+,27?/m1/s1. The van der Waals surface area contributed by atoms with Crippen LogP contribution in [0.1, 0.15) is 80.0 Å². The van der Waals surface area contributed by atoms with Gasteiger partial charge in [0.2, 0.25) is 5.91 Å². The van der Waals surface area contributed by atoms with Crippen molar-refractivity contribution in [3.05, 3.63) is 59.2 Å². The van der Waals surface area contributed by atoms with E-state index in [4.69, 9.17) is 14.9 Å². The quantitative estimate of drug-likeness (QED) is 0.493. The highest BCUT2D eigenvalue weighted by atomic mass is 16.5. The van der Waals surface area contributed by atoms with Crippen LogP contribution in [-0.2, 0) is 4.79 Å². The largest absolute Gasteiger partial charge is 0.493 e. The first kappa shape index (κ1) is 25.1. The Morgan fingerprint density at radius 1 is 1.16 bits per heavy atom. The SMILES string of the molecule is CCC1(CC)CC(=O)N([C@@H]2CCOc3ccc(C(=O)N[C@H]4c5ccccc5OCC4(C)O)cc32)C(=N)N1. The van der Waals surface area contributed by atoms with Crippen molar-refractivity contribution in [3.63, 3.8) is 0 Å². The molecule has 0 aliphatic carbocycles. The fourth-order valence-corrected chi connectivity index (χ4v) is 5.59. The van der Waals surface area contributed by atoms with Crippen LogP contribution in [0.3, 0.4) is 0 Å². The number of benzene rings is 2. The Labute approximate surface area is 216 Å². The lowest BCUT2D eigenvalue weighted by atomic mass is 9.85. The lowest BCUT2D eigenvalue weighted by molar-refractivity contribution is -0.133. The zero-order valence-corrected chi connectivity index (χ0v) is 21.5. The third-order valence-corrected chi connectivity index (χ3v) is 7.98. The number of carbonyl (C=O) groups excluding carboxylic acids is 2. The highest BCUT2D eigenvalue weighted by molar-refractivity contribution is 6.00. The highest BCUT2D eigenvalue weighted by Gasteiger charge is 2.44. The molecule has 3 heterocycles. The van der Waals surface area contributed by atoms with E-state index in [0.717, 1.165) is 12.8 Å². The zero-order chi connectivity index (χ0) is 26.4. The number of amides is 2. The molecule has 0 aromatic heterocycles. The van der Waals surface area contributed by atoms with Gasteiger partial charge in [-0.15, -0.1) is 0 Å². The van der Waals surface area contributed by atoms with Gasteiger partial charge in [0.15, 0.2) is 5.96 Å². The second-order valence-electron chi connectivity index (χ2n) is 10.4. The molecule has 196 valence electrons. The molecular formula is C28H34N4O5. The fourth-order valence-electron chi connectivity index (χ4n) is 5.59. The van der Waals surface area contributed by atoms with E-state index in [9.17, 15) is 14.7 Å². The van der Waals surface area contributed by atoms with Gasteiger partial charge >= 0.3 is 0 Å². The molecule has 3 aliphatic heterocycles. The Morgan fingerprint density at radius 2 is 1.89 bits per heavy atom. The molecule has 0 spiro atoms. The van der Waals surface area contributed by atoms with E-state index in [1.54, 1.807) is 25.1 Å². The van der Waals surface area contributed by atoms with Gasteiger partial charge in [0.05, 0.1) is 25.1 Å². The number of ether oxygens (including phenoxy) is 2. The van der Waals surface area contributed by atoms with Crippen molar-refractivity contribution in [2.24, 2.45) is 0 Å². The molecule has 2 aromatic rings. The molecule has 9 heteroatoms. The minimum Gasteiger partial charge on any atom is -0.493 e. The zero-order valence-electron chi connectivity index (χ0n) is 21.5. The van der Waals surface area contributed by atoms with E-state index < -0.39 is 23.2 Å². The van der Waals surface area contributed by atoms with Crippen molar-refractivity contribution in [1.29, 1.82) is 5.41 Å². The number of carbonyl (C=O) groups is 2. The Morgan fingerprint density at radius 3 is 2.62 bits per heavy atom. The number of aliphatic hydroxyl groups is 1. The molecule has 0 saturated carbocycles. The molecule has 3 aliphatic rings. The highest BCUT2D eigenvalue weighted by Crippen LogP contribution is 2.40. The Balaban J connectivity index is 1.43. The summed E-state index contributed by atoms with van der Waals surface area (Å²) >= 11 is 0. The van der Waals surface area contributed by atoms with Gasteiger partial charge in [0.25, 0.3) is 5.91 Å². The van der Waals surface area contributed by atoms with Gasteiger partial charge < -0.3 is 25.2 Å². The van der Waals surface area contributed by atoms with E-state index in [-0.39, 0.29) is 24.4 Å². The van der Waals surface area contributed by atoms with Gasteiger partial charge in [0.1, 0.15) is 23.7 Å². The second kappa shape index (κ2) is 9.37. The number of para-hydroxylation sites is 1. The second-order valence-corrected chi connectivity index (χ2v) is 10.4. The minimum atomic E-state index is -1.30. The van der Waals surface area contributed by atoms with Gasteiger partial charge in [-0.1, -0.05) is 32.0 Å². The van der Waals surface area contributed by atoms with Crippen LogP contribution in [0.15, 0.2) is 42.5 Å². The van der Waals surface area contributed by atoms with Crippen LogP contribution < -0.4 is 20.1 Å². The van der Waals surface area contributed by atoms with Crippen molar-refractivity contribution < 1.29 is 24.2 Å². The number of rotatable bonds is 5. The predicted molar refractivity (Wildman–Crippen MR) is 138 cm³/mol. The summed E-state index contributed by atoms with van der Waals surface area (Å²) in [6, 6.07) is 11.4. The summed E-state index contributed by atoms with van der Waals surface area (Å²) in [5.74, 6) is 0.850. The first-order valence-electron chi connectivity index (χ1n) is 12.9. The van der Waals surface area contributed by atoms with Crippen molar-refractivity contribution in [1.82, 2.24) is 15.5 Å². The first-order valence-corrected chi connectivity index (χ1v) is 12.9. The molecule has 0 bridgehead atoms. The van der Waals surface area contributed by atoms with E-state index >= 15 is 0 Å². The molecule has 37 heavy (non-hydrogen) atoms. The van der Waals surface area contributed by atoms with E-state index in [2.05, 4.69) is 10.6 Å². The Bertz CT molecular complexity index is 1220. The average Bonchev–Trinajstić information content (AvgIpc) is 2.89. The van der Waals surface area contributed by atoms with Crippen LogP contribution in [0.4, 0.5) is 0 Å². The predicted octanol–water partition coefficient (Wildman–Crippen LogP) is 3.44. The molecule has 4 N–H and O–H groups in total. The molecule has 9 nitrogen and oxygen atoms in total. The van der Waals surface area contributed by atoms with E-state index in [1.165, 1.54) is 4.90 Å². The molecular weight excluding hydrogens is 472 g/mol. The monoisotopic (exact) mass is 506 g/mol. The lowest BCUT2D eigenvalue weighted by Gasteiger charge is -2.45. The number of fused-ring (bicyclic) bond motifs is 2. The third kappa shape index (κ3) is 4.41. The molecule has 1 fully saturated rings. The number of hydrogen-bond donors (Lipinski definition) is 4. The van der Waals surface area contributed by atoms with Gasteiger partial charge in [-0.3, -0.25) is 19.9 Å². The summed E-state index contributed by atoms with van der Waals surface area (Å²) in [6.07, 6.45) is 2.33. The molecule has 2 amide bonds. The molecule has 1 unspecified atom stereocenters. The van der Waals surface area contributed by atoms with E-state index in [0.29, 0.717) is 47.6 Å². The van der Waals surface area contributed by atoms with Gasteiger partial charge in [-0.25, -0.2) is 0 Å². The minimum absolute atomic E-state index is 0.0538. The van der Waals surface area contributed by atoms with Crippen LogP contribution in [-0.4, -0.2) is 52.1 Å². The topological polar surface area (TPSA) is 124 Å². The molecule has 2 aromatic carbocycles. The van der Waals surface area contributed by atoms with Crippen LogP contribution in [0.5, 0.6) is 11.5 Å². The summed E-state index contributed by atoms with van der Waals surface area (Å²) in [7, 11) is 0. The summed E-state index contributed by atoms with van der Waals surface area (Å²) < 4.78 is 11.5. The maximum atomic E-state index is 13.4. The summed E-state index contributed by atoms with van der Waals surface area (Å²) in [5.41, 5.74) is 0.0839. The Kier molecular flexibility index (Phi) is 6.35. The van der Waals surface area contributed by atoms with Crippen LogP contribution in [0, 0.1) is 5.41 Å². The van der Waals surface area contributed by atoms with Crippen molar-refractivity contribution in [3.8, 4) is 11.5 Å². The van der Waals surface area contributed by atoms with Gasteiger partial charge in [-0.05, 0) is 44.0 Å². The van der Waals surface area contributed by atoms with Gasteiger partial charge in [-0.2, -0.15) is 0 Å². The normalized spacial score (nSPS) is 26.2. The number of nitrogens with one attached hydrogen (secondary N) is 3. The van der Waals surface area contributed by atoms with E-state index in [1.807, 2.05) is 38.1 Å². The molecule has 3 atom stereocenters. The van der Waals surface area contributed by atoms with Crippen LogP contribution in [0.25, 0.3) is 0 Å². The maximum absolute atomic E-state index is 13.4. The molecule has 1 saturated heterocycles.